The van der Waals surface area contributed by atoms with E-state index in [1.807, 2.05) is 19.1 Å². The van der Waals surface area contributed by atoms with Crippen LogP contribution < -0.4 is 9.47 Å². The van der Waals surface area contributed by atoms with E-state index >= 15 is 0 Å². The lowest BCUT2D eigenvalue weighted by molar-refractivity contribution is -0.231. The van der Waals surface area contributed by atoms with Crippen molar-refractivity contribution in [2.24, 2.45) is 61.1 Å². The summed E-state index contributed by atoms with van der Waals surface area (Å²) in [5, 5.41) is 12.8. The monoisotopic (exact) mass is 913 g/mol. The van der Waals surface area contributed by atoms with Gasteiger partial charge < -0.3 is 19.3 Å². The number of benzene rings is 1. The summed E-state index contributed by atoms with van der Waals surface area (Å²) in [6.07, 6.45) is 16.9. The Morgan fingerprint density at radius 3 is 1.99 bits per heavy atom. The first kappa shape index (κ1) is 45.3. The third-order valence-electron chi connectivity index (χ3n) is 23.2. The summed E-state index contributed by atoms with van der Waals surface area (Å²) in [5.41, 5.74) is 0.689. The summed E-state index contributed by atoms with van der Waals surface area (Å²) >= 11 is 0. The fourth-order valence-corrected chi connectivity index (χ4v) is 18.3. The van der Waals surface area contributed by atoms with Crippen molar-refractivity contribution in [3.8, 4) is 11.5 Å². The van der Waals surface area contributed by atoms with Crippen LogP contribution in [0.3, 0.4) is 0 Å². The second-order valence-electron chi connectivity index (χ2n) is 26.1. The van der Waals surface area contributed by atoms with E-state index in [0.29, 0.717) is 59.8 Å². The average molecular weight is 913 g/mol. The molecule has 67 heavy (non-hydrogen) atoms. The minimum absolute atomic E-state index is 0.0273. The second-order valence-corrected chi connectivity index (χ2v) is 26.1. The number of allylic oxidation sites excluding steroid dienone is 5. The number of carbonyl (C=O) groups is 5. The van der Waals surface area contributed by atoms with Gasteiger partial charge in [-0.25, -0.2) is 0 Å². The molecule has 9 heteroatoms. The van der Waals surface area contributed by atoms with Crippen LogP contribution >= 0.6 is 0 Å². The largest absolute Gasteiger partial charge is 0.471 e. The van der Waals surface area contributed by atoms with Gasteiger partial charge in [0.05, 0.1) is 7.11 Å². The van der Waals surface area contributed by atoms with Gasteiger partial charge in [0.25, 0.3) is 0 Å². The summed E-state index contributed by atoms with van der Waals surface area (Å²) < 4.78 is 19.1. The molecule has 0 radical (unpaired) electrons. The molecule has 0 bridgehead atoms. The summed E-state index contributed by atoms with van der Waals surface area (Å²) in [6, 6.07) is 1.87. The van der Waals surface area contributed by atoms with Crippen molar-refractivity contribution in [3.05, 3.63) is 69.4 Å². The van der Waals surface area contributed by atoms with Crippen LogP contribution in [0, 0.1) is 68.0 Å². The van der Waals surface area contributed by atoms with Crippen molar-refractivity contribution >= 4 is 29.1 Å². The van der Waals surface area contributed by atoms with Crippen LogP contribution in [0.15, 0.2) is 52.7 Å². The summed E-state index contributed by atoms with van der Waals surface area (Å²) in [7, 11) is 1.36. The molecule has 358 valence electrons. The van der Waals surface area contributed by atoms with Crippen LogP contribution in [0.5, 0.6) is 11.5 Å². The molecule has 11 rings (SSSR count). The molecular formula is C58H72O9. The van der Waals surface area contributed by atoms with Crippen LogP contribution in [0.4, 0.5) is 0 Å². The lowest BCUT2D eigenvalue weighted by Crippen LogP contribution is -2.70. The van der Waals surface area contributed by atoms with E-state index in [2.05, 4.69) is 74.5 Å². The fourth-order valence-electron chi connectivity index (χ4n) is 18.3. The van der Waals surface area contributed by atoms with Gasteiger partial charge in [-0.15, -0.1) is 0 Å². The lowest BCUT2D eigenvalue weighted by Gasteiger charge is -2.69. The first-order valence-electron chi connectivity index (χ1n) is 25.4. The van der Waals surface area contributed by atoms with Gasteiger partial charge >= 0.3 is 11.8 Å². The van der Waals surface area contributed by atoms with Crippen LogP contribution in [0.25, 0.3) is 0 Å². The molecule has 9 nitrogen and oxygen atoms in total. The van der Waals surface area contributed by atoms with Crippen molar-refractivity contribution < 1.29 is 43.3 Å². The molecule has 9 aliphatic carbocycles. The molecular weight excluding hydrogens is 841 g/mol. The highest BCUT2D eigenvalue weighted by atomic mass is 16.7. The van der Waals surface area contributed by atoms with Crippen molar-refractivity contribution in [1.29, 1.82) is 0 Å². The Hall–Kier alpha value is -4.11. The highest BCUT2D eigenvalue weighted by molar-refractivity contribution is 6.10. The topological polar surface area (TPSA) is 133 Å². The van der Waals surface area contributed by atoms with E-state index in [1.54, 1.807) is 19.9 Å². The zero-order valence-electron chi connectivity index (χ0n) is 42.3. The van der Waals surface area contributed by atoms with E-state index in [4.69, 9.17) is 14.2 Å². The molecule has 6 fully saturated rings. The molecule has 1 N–H and O–H groups in total. The van der Waals surface area contributed by atoms with Crippen molar-refractivity contribution in [2.75, 3.05) is 7.11 Å². The highest BCUT2D eigenvalue weighted by Gasteiger charge is 2.72. The van der Waals surface area contributed by atoms with E-state index in [-0.39, 0.29) is 56.2 Å². The first-order chi connectivity index (χ1) is 31.0. The number of ketones is 4. The Morgan fingerprint density at radius 1 is 0.716 bits per heavy atom. The molecule has 6 saturated carbocycles. The van der Waals surface area contributed by atoms with E-state index in [0.717, 1.165) is 68.1 Å². The molecule has 1 aliphatic heterocycles. The maximum Gasteiger partial charge on any atom is 0.319 e. The Kier molecular flexibility index (Phi) is 8.79. The highest BCUT2D eigenvalue weighted by Crippen LogP contribution is 2.77. The first-order valence-corrected chi connectivity index (χ1v) is 25.4. The molecule has 10 aliphatic rings. The normalized spacial score (nSPS) is 49.0. The standard InChI is InChI=1S/C58H72O9/c1-31-24-40-48(3,28-37(31)60)16-20-53(8)39-15-14-33-34(50(39,5)18-22-54(40,53)9)26-43(61)58(64)57(33,12)67-46-32(2)45-35(25-38(46)66-58)51(6)19-23-56(11)42-29-52(7,47(63)65-13)44(62)30-49(42,4)17-21-55(56,10)41(51)27-36(45)59/h14-15,25-27,31,40,42,64H,16-24,28-30H2,1-13H3. The zero-order valence-corrected chi connectivity index (χ0v) is 42.3. The van der Waals surface area contributed by atoms with Gasteiger partial charge in [-0.1, -0.05) is 80.0 Å². The lowest BCUT2D eigenvalue weighted by atomic mass is 9.34. The number of Topliss-reactive ketones (excluding diaryl/α,β-unsaturated/α-hetero) is 2. The predicted molar refractivity (Wildman–Crippen MR) is 253 cm³/mol. The SMILES string of the molecule is COC(=O)C1(C)CC2C(C)(CCC3(C)C4=CC(=O)c5c(cc6c(c5C)OC5(C)C7=CC=C8C(C)(CCC9(C)C%10CC(C)C(=O)CC%10(C)CCC89C)C7=CC(=O)C5(O)O6)C4(C)CCC23C)CC1=O. The molecule has 0 spiro atoms. The van der Waals surface area contributed by atoms with Gasteiger partial charge in [-0.05, 0) is 164 Å². The third-order valence-corrected chi connectivity index (χ3v) is 23.2. The molecule has 14 atom stereocenters. The van der Waals surface area contributed by atoms with Gasteiger partial charge in [0.15, 0.2) is 17.3 Å². The molecule has 0 amide bonds. The molecule has 0 saturated heterocycles. The number of ether oxygens (including phenoxy) is 3. The van der Waals surface area contributed by atoms with Gasteiger partial charge in [0, 0.05) is 46.3 Å². The van der Waals surface area contributed by atoms with Crippen LogP contribution in [0.1, 0.15) is 175 Å². The zero-order chi connectivity index (χ0) is 48.5. The number of methoxy groups -OCH3 is 1. The summed E-state index contributed by atoms with van der Waals surface area (Å²) in [5.74, 6) is -2.09. The summed E-state index contributed by atoms with van der Waals surface area (Å²) in [4.78, 5) is 69.9. The number of aliphatic hydroxyl groups is 1. The van der Waals surface area contributed by atoms with E-state index in [9.17, 15) is 29.1 Å². The van der Waals surface area contributed by atoms with Gasteiger partial charge in [0.1, 0.15) is 17.0 Å². The van der Waals surface area contributed by atoms with Crippen LogP contribution in [-0.4, -0.2) is 52.7 Å². The molecule has 1 aromatic rings. The number of fused-ring (bicyclic) bond motifs is 17. The molecule has 1 heterocycles. The molecule has 14 unspecified atom stereocenters. The maximum absolute atomic E-state index is 14.9. The van der Waals surface area contributed by atoms with Gasteiger partial charge in [0.2, 0.25) is 11.4 Å². The van der Waals surface area contributed by atoms with Crippen molar-refractivity contribution in [2.45, 2.75) is 177 Å². The second kappa shape index (κ2) is 13.0. The smallest absolute Gasteiger partial charge is 0.319 e. The number of esters is 1. The Morgan fingerprint density at radius 2 is 1.33 bits per heavy atom. The predicted octanol–water partition coefficient (Wildman–Crippen LogP) is 11.0. The van der Waals surface area contributed by atoms with Gasteiger partial charge in [-0.2, -0.15) is 0 Å². The quantitative estimate of drug-likeness (QED) is 0.216. The number of hydrogen-bond acceptors (Lipinski definition) is 9. The number of carbonyl (C=O) groups excluding carboxylic acids is 5. The molecule has 0 aromatic heterocycles. The average Bonchev–Trinajstić information content (AvgIpc) is 3.26. The summed E-state index contributed by atoms with van der Waals surface area (Å²) in [6.45, 7) is 26.1. The maximum atomic E-state index is 14.9. The Bertz CT molecular complexity index is 2720. The van der Waals surface area contributed by atoms with E-state index < -0.39 is 44.8 Å². The van der Waals surface area contributed by atoms with Crippen molar-refractivity contribution in [3.63, 3.8) is 0 Å². The Labute approximate surface area is 397 Å². The third kappa shape index (κ3) is 4.99. The molecule has 1 aromatic carbocycles. The number of hydrogen-bond donors (Lipinski definition) is 1. The number of rotatable bonds is 1. The van der Waals surface area contributed by atoms with Crippen LogP contribution in [0.2, 0.25) is 0 Å². The fraction of sp³-hybridized carbons (Fsp3) is 0.672. The minimum atomic E-state index is -2.38. The Balaban J connectivity index is 0.976. The van der Waals surface area contributed by atoms with Crippen LogP contribution in [-0.2, 0) is 29.3 Å². The van der Waals surface area contributed by atoms with Crippen molar-refractivity contribution in [1.82, 2.24) is 0 Å². The van der Waals surface area contributed by atoms with E-state index in [1.165, 1.54) is 12.7 Å². The van der Waals surface area contributed by atoms with Gasteiger partial charge in [-0.3, -0.25) is 24.0 Å². The minimum Gasteiger partial charge on any atom is -0.471 e.